The van der Waals surface area contributed by atoms with E-state index in [0.29, 0.717) is 5.56 Å². The van der Waals surface area contributed by atoms with Gasteiger partial charge in [-0.15, -0.1) is 0 Å². The first-order valence-corrected chi connectivity index (χ1v) is 7.72. The summed E-state index contributed by atoms with van der Waals surface area (Å²) in [5, 5.41) is 9.67. The lowest BCUT2D eigenvalue weighted by Crippen LogP contribution is -1.81. The van der Waals surface area contributed by atoms with Gasteiger partial charge < -0.3 is 9.72 Å². The molecule has 3 aromatic rings. The van der Waals surface area contributed by atoms with Crippen molar-refractivity contribution in [2.24, 2.45) is 0 Å². The minimum atomic E-state index is 0.626. The molecule has 1 heterocycles. The van der Waals surface area contributed by atoms with Gasteiger partial charge in [-0.25, -0.2) is 4.98 Å². The lowest BCUT2D eigenvalue weighted by Gasteiger charge is -2.01. The molecule has 0 amide bonds. The van der Waals surface area contributed by atoms with Crippen LogP contribution in [0.15, 0.2) is 50.9 Å². The van der Waals surface area contributed by atoms with Gasteiger partial charge in [0.2, 0.25) is 0 Å². The number of nitriles is 1. The van der Waals surface area contributed by atoms with Crippen LogP contribution in [0.1, 0.15) is 5.56 Å². The van der Waals surface area contributed by atoms with Crippen LogP contribution >= 0.6 is 27.7 Å². The summed E-state index contributed by atoms with van der Waals surface area (Å²) >= 11 is 4.99. The van der Waals surface area contributed by atoms with Crippen molar-refractivity contribution in [3.05, 3.63) is 46.4 Å². The molecular weight excluding hydrogens is 350 g/mol. The zero-order valence-corrected chi connectivity index (χ0v) is 13.5. The number of methoxy groups -OCH3 is 1. The Labute approximate surface area is 134 Å². The molecule has 104 valence electrons. The summed E-state index contributed by atoms with van der Waals surface area (Å²) in [5.41, 5.74) is 2.45. The van der Waals surface area contributed by atoms with Gasteiger partial charge >= 0.3 is 0 Å². The van der Waals surface area contributed by atoms with E-state index in [0.717, 1.165) is 31.3 Å². The largest absolute Gasteiger partial charge is 0.497 e. The summed E-state index contributed by atoms with van der Waals surface area (Å²) in [7, 11) is 1.64. The number of fused-ring (bicyclic) bond motifs is 1. The fourth-order valence-electron chi connectivity index (χ4n) is 1.90. The first kappa shape index (κ1) is 14.0. The second-order valence-corrected chi connectivity index (χ2v) is 6.17. The molecule has 0 aliphatic heterocycles. The summed E-state index contributed by atoms with van der Waals surface area (Å²) in [4.78, 5) is 8.79. The van der Waals surface area contributed by atoms with Gasteiger partial charge in [-0.05, 0) is 46.3 Å². The van der Waals surface area contributed by atoms with Crippen molar-refractivity contribution in [2.45, 2.75) is 10.1 Å². The van der Waals surface area contributed by atoms with E-state index in [1.165, 1.54) is 11.8 Å². The van der Waals surface area contributed by atoms with Crippen LogP contribution in [0.2, 0.25) is 0 Å². The van der Waals surface area contributed by atoms with E-state index < -0.39 is 0 Å². The first-order valence-electron chi connectivity index (χ1n) is 6.11. The van der Waals surface area contributed by atoms with E-state index in [-0.39, 0.29) is 0 Å². The van der Waals surface area contributed by atoms with E-state index in [9.17, 15) is 0 Å². The fourth-order valence-corrected chi connectivity index (χ4v) is 3.33. The summed E-state index contributed by atoms with van der Waals surface area (Å²) in [6.07, 6.45) is 0. The Bertz CT molecular complexity index is 854. The lowest BCUT2D eigenvalue weighted by atomic mass is 10.2. The number of hydrogen-bond donors (Lipinski definition) is 1. The Morgan fingerprint density at radius 2 is 2.14 bits per heavy atom. The van der Waals surface area contributed by atoms with Crippen LogP contribution in [0, 0.1) is 11.3 Å². The van der Waals surface area contributed by atoms with Gasteiger partial charge in [0.05, 0.1) is 29.8 Å². The monoisotopic (exact) mass is 359 g/mol. The average molecular weight is 360 g/mol. The number of benzene rings is 2. The van der Waals surface area contributed by atoms with E-state index in [2.05, 4.69) is 32.0 Å². The molecule has 4 nitrogen and oxygen atoms in total. The van der Waals surface area contributed by atoms with E-state index in [1.54, 1.807) is 19.2 Å². The molecule has 0 atom stereocenters. The third-order valence-electron chi connectivity index (χ3n) is 2.93. The van der Waals surface area contributed by atoms with Crippen molar-refractivity contribution >= 4 is 38.7 Å². The van der Waals surface area contributed by atoms with E-state index in [1.807, 2.05) is 24.3 Å². The number of ether oxygens (including phenoxy) is 1. The van der Waals surface area contributed by atoms with Gasteiger partial charge in [-0.2, -0.15) is 5.26 Å². The molecule has 0 saturated heterocycles. The molecule has 6 heteroatoms. The summed E-state index contributed by atoms with van der Waals surface area (Å²) < 4.78 is 6.08. The van der Waals surface area contributed by atoms with Crippen LogP contribution in [0.25, 0.3) is 11.0 Å². The maximum absolute atomic E-state index is 8.88. The predicted molar refractivity (Wildman–Crippen MR) is 85.6 cm³/mol. The number of aromatic nitrogens is 2. The summed E-state index contributed by atoms with van der Waals surface area (Å²) in [6.45, 7) is 0. The van der Waals surface area contributed by atoms with Crippen molar-refractivity contribution < 1.29 is 4.74 Å². The number of halogens is 1. The normalized spacial score (nSPS) is 10.5. The molecule has 0 spiro atoms. The molecular formula is C15H10BrN3OS. The van der Waals surface area contributed by atoms with Crippen LogP contribution in [-0.2, 0) is 0 Å². The molecule has 21 heavy (non-hydrogen) atoms. The zero-order chi connectivity index (χ0) is 14.8. The molecule has 0 aliphatic rings. The van der Waals surface area contributed by atoms with Crippen LogP contribution in [-0.4, -0.2) is 17.1 Å². The lowest BCUT2D eigenvalue weighted by molar-refractivity contribution is 0.415. The molecule has 1 aromatic heterocycles. The number of imidazole rings is 1. The van der Waals surface area contributed by atoms with Gasteiger partial charge in [0.15, 0.2) is 5.16 Å². The average Bonchev–Trinajstić information content (AvgIpc) is 2.90. The zero-order valence-electron chi connectivity index (χ0n) is 11.1. The van der Waals surface area contributed by atoms with Gasteiger partial charge in [-0.3, -0.25) is 0 Å². The Kier molecular flexibility index (Phi) is 3.86. The van der Waals surface area contributed by atoms with Crippen molar-refractivity contribution in [1.29, 1.82) is 5.26 Å². The van der Waals surface area contributed by atoms with Gasteiger partial charge in [0.1, 0.15) is 5.75 Å². The number of rotatable bonds is 3. The maximum Gasteiger partial charge on any atom is 0.171 e. The van der Waals surface area contributed by atoms with Crippen molar-refractivity contribution in [1.82, 2.24) is 9.97 Å². The highest BCUT2D eigenvalue weighted by molar-refractivity contribution is 9.10. The minimum Gasteiger partial charge on any atom is -0.497 e. The second kappa shape index (κ2) is 5.80. The summed E-state index contributed by atoms with van der Waals surface area (Å²) in [6, 6.07) is 13.3. The number of aromatic amines is 1. The molecule has 1 N–H and O–H groups in total. The smallest absolute Gasteiger partial charge is 0.171 e. The molecule has 0 saturated carbocycles. The molecule has 0 fully saturated rings. The number of H-pyrrole nitrogens is 1. The van der Waals surface area contributed by atoms with Gasteiger partial charge in [0.25, 0.3) is 0 Å². The highest BCUT2D eigenvalue weighted by Gasteiger charge is 2.08. The number of nitrogens with zero attached hydrogens (tertiary/aromatic N) is 2. The standard InChI is InChI=1S/C15H10BrN3OS/c1-20-10-3-4-12-13(7-10)19-15(18-12)21-14-5-2-9(8-17)6-11(14)16/h2-7H,1H3,(H,18,19). The Morgan fingerprint density at radius 3 is 2.86 bits per heavy atom. The topological polar surface area (TPSA) is 61.7 Å². The second-order valence-electron chi connectivity index (χ2n) is 4.28. The molecule has 0 aliphatic carbocycles. The van der Waals surface area contributed by atoms with E-state index in [4.69, 9.17) is 10.00 Å². The predicted octanol–water partition coefficient (Wildman–Crippen LogP) is 4.36. The maximum atomic E-state index is 8.88. The third kappa shape index (κ3) is 2.89. The Hall–Kier alpha value is -1.97. The van der Waals surface area contributed by atoms with E-state index >= 15 is 0 Å². The van der Waals surface area contributed by atoms with Gasteiger partial charge in [-0.1, -0.05) is 11.8 Å². The first-order chi connectivity index (χ1) is 10.2. The SMILES string of the molecule is COc1ccc2nc(Sc3ccc(C#N)cc3Br)[nH]c2c1. The number of nitrogens with one attached hydrogen (secondary N) is 1. The van der Waals surface area contributed by atoms with Crippen molar-refractivity contribution in [3.8, 4) is 11.8 Å². The highest BCUT2D eigenvalue weighted by Crippen LogP contribution is 2.33. The molecule has 3 rings (SSSR count). The molecule has 0 bridgehead atoms. The Morgan fingerprint density at radius 1 is 1.29 bits per heavy atom. The quantitative estimate of drug-likeness (QED) is 0.754. The summed E-state index contributed by atoms with van der Waals surface area (Å²) in [5.74, 6) is 0.794. The van der Waals surface area contributed by atoms with Crippen molar-refractivity contribution in [3.63, 3.8) is 0 Å². The van der Waals surface area contributed by atoms with Crippen LogP contribution in [0.5, 0.6) is 5.75 Å². The fraction of sp³-hybridized carbons (Fsp3) is 0.0667. The van der Waals surface area contributed by atoms with Crippen LogP contribution in [0.3, 0.4) is 0 Å². The van der Waals surface area contributed by atoms with Gasteiger partial charge in [0, 0.05) is 15.4 Å². The molecule has 0 radical (unpaired) electrons. The molecule has 0 unspecified atom stereocenters. The highest BCUT2D eigenvalue weighted by atomic mass is 79.9. The molecule has 2 aromatic carbocycles. The van der Waals surface area contributed by atoms with Crippen LogP contribution < -0.4 is 4.74 Å². The Balaban J connectivity index is 1.93. The van der Waals surface area contributed by atoms with Crippen molar-refractivity contribution in [2.75, 3.05) is 7.11 Å². The minimum absolute atomic E-state index is 0.626. The van der Waals surface area contributed by atoms with Crippen LogP contribution in [0.4, 0.5) is 0 Å². The number of hydrogen-bond acceptors (Lipinski definition) is 4. The third-order valence-corrected chi connectivity index (χ3v) is 4.82.